The number of aromatic nitrogens is 3. The van der Waals surface area contributed by atoms with Gasteiger partial charge in [-0.2, -0.15) is 0 Å². The van der Waals surface area contributed by atoms with Gasteiger partial charge in [-0.05, 0) is 50.5 Å². The second-order valence-corrected chi connectivity index (χ2v) is 10.8. The molecular formula is C39H23N3O. The molecule has 4 heteroatoms. The Morgan fingerprint density at radius 2 is 1.00 bits per heavy atom. The summed E-state index contributed by atoms with van der Waals surface area (Å²) in [5.74, 6) is 1.96. The van der Waals surface area contributed by atoms with Crippen LogP contribution < -0.4 is 0 Å². The average Bonchev–Trinajstić information content (AvgIpc) is 3.44. The molecule has 0 spiro atoms. The number of hydrogen-bond donors (Lipinski definition) is 0. The van der Waals surface area contributed by atoms with Crippen LogP contribution in [0.25, 0.3) is 88.4 Å². The lowest BCUT2D eigenvalue weighted by molar-refractivity contribution is 0.669. The van der Waals surface area contributed by atoms with Crippen molar-refractivity contribution in [3.8, 4) is 34.2 Å². The molecule has 9 aromatic rings. The average molecular weight is 550 g/mol. The Balaban J connectivity index is 1.31. The van der Waals surface area contributed by atoms with E-state index in [4.69, 9.17) is 19.4 Å². The van der Waals surface area contributed by atoms with Crippen LogP contribution in [-0.4, -0.2) is 15.0 Å². The van der Waals surface area contributed by atoms with Crippen LogP contribution in [0, 0.1) is 0 Å². The van der Waals surface area contributed by atoms with Gasteiger partial charge in [-0.3, -0.25) is 0 Å². The van der Waals surface area contributed by atoms with E-state index in [1.165, 1.54) is 5.39 Å². The number of benzene rings is 7. The van der Waals surface area contributed by atoms with Gasteiger partial charge in [0.15, 0.2) is 17.5 Å². The molecule has 0 aliphatic carbocycles. The highest BCUT2D eigenvalue weighted by molar-refractivity contribution is 6.18. The number of furan rings is 1. The topological polar surface area (TPSA) is 51.8 Å². The van der Waals surface area contributed by atoms with Crippen molar-refractivity contribution in [1.29, 1.82) is 0 Å². The van der Waals surface area contributed by atoms with Crippen molar-refractivity contribution >= 4 is 54.3 Å². The van der Waals surface area contributed by atoms with E-state index in [1.54, 1.807) is 0 Å². The first kappa shape index (κ1) is 23.8. The van der Waals surface area contributed by atoms with Crippen molar-refractivity contribution in [2.45, 2.75) is 0 Å². The van der Waals surface area contributed by atoms with Crippen LogP contribution in [0.5, 0.6) is 0 Å². The molecule has 0 saturated carbocycles. The maximum Gasteiger partial charge on any atom is 0.164 e. The van der Waals surface area contributed by atoms with Crippen molar-refractivity contribution < 1.29 is 4.42 Å². The van der Waals surface area contributed by atoms with E-state index < -0.39 is 0 Å². The Hall–Kier alpha value is -5.87. The van der Waals surface area contributed by atoms with E-state index in [0.29, 0.717) is 17.5 Å². The third-order valence-corrected chi connectivity index (χ3v) is 8.31. The number of rotatable bonds is 3. The Morgan fingerprint density at radius 3 is 1.86 bits per heavy atom. The summed E-state index contributed by atoms with van der Waals surface area (Å²) in [6.45, 7) is 0. The lowest BCUT2D eigenvalue weighted by Gasteiger charge is -2.12. The van der Waals surface area contributed by atoms with Crippen molar-refractivity contribution in [1.82, 2.24) is 15.0 Å². The molecule has 0 aliphatic rings. The summed E-state index contributed by atoms with van der Waals surface area (Å²) in [6, 6.07) is 48.1. The molecule has 4 nitrogen and oxygen atoms in total. The number of para-hydroxylation sites is 1. The van der Waals surface area contributed by atoms with Crippen LogP contribution in [-0.2, 0) is 0 Å². The maximum absolute atomic E-state index is 6.18. The zero-order valence-corrected chi connectivity index (χ0v) is 23.0. The lowest BCUT2D eigenvalue weighted by Crippen LogP contribution is -2.01. The number of hydrogen-bond acceptors (Lipinski definition) is 4. The monoisotopic (exact) mass is 549 g/mol. The van der Waals surface area contributed by atoms with Crippen LogP contribution in [0.3, 0.4) is 0 Å². The van der Waals surface area contributed by atoms with E-state index in [1.807, 2.05) is 42.5 Å². The van der Waals surface area contributed by atoms with E-state index in [-0.39, 0.29) is 0 Å². The molecule has 0 atom stereocenters. The number of fused-ring (bicyclic) bond motifs is 7. The molecule has 0 fully saturated rings. The van der Waals surface area contributed by atoms with Crippen LogP contribution in [0.4, 0.5) is 0 Å². The fourth-order valence-electron chi connectivity index (χ4n) is 6.26. The minimum atomic E-state index is 0.650. The first-order valence-electron chi connectivity index (χ1n) is 14.4. The van der Waals surface area contributed by atoms with Gasteiger partial charge in [0.25, 0.3) is 0 Å². The highest BCUT2D eigenvalue weighted by atomic mass is 16.3. The van der Waals surface area contributed by atoms with Gasteiger partial charge in [-0.25, -0.2) is 15.0 Å². The molecule has 9 rings (SSSR count). The van der Waals surface area contributed by atoms with E-state index in [0.717, 1.165) is 65.6 Å². The zero-order valence-electron chi connectivity index (χ0n) is 23.0. The smallest absolute Gasteiger partial charge is 0.164 e. The molecule has 7 aromatic carbocycles. The van der Waals surface area contributed by atoms with Gasteiger partial charge in [-0.1, -0.05) is 121 Å². The quantitative estimate of drug-likeness (QED) is 0.206. The summed E-state index contributed by atoms with van der Waals surface area (Å²) in [5.41, 5.74) is 4.70. The van der Waals surface area contributed by atoms with Crippen molar-refractivity contribution in [3.05, 3.63) is 140 Å². The highest BCUT2D eigenvalue weighted by Crippen LogP contribution is 2.38. The predicted molar refractivity (Wildman–Crippen MR) is 176 cm³/mol. The van der Waals surface area contributed by atoms with Crippen LogP contribution >= 0.6 is 0 Å². The molecular weight excluding hydrogens is 526 g/mol. The summed E-state index contributed by atoms with van der Waals surface area (Å²) in [7, 11) is 0. The van der Waals surface area contributed by atoms with Gasteiger partial charge in [0.2, 0.25) is 0 Å². The second-order valence-electron chi connectivity index (χ2n) is 10.8. The first-order chi connectivity index (χ1) is 21.3. The summed E-state index contributed by atoms with van der Waals surface area (Å²) in [4.78, 5) is 15.2. The fraction of sp³-hybridized carbons (Fsp3) is 0. The van der Waals surface area contributed by atoms with Crippen LogP contribution in [0.1, 0.15) is 0 Å². The van der Waals surface area contributed by atoms with Crippen LogP contribution in [0.15, 0.2) is 144 Å². The third-order valence-electron chi connectivity index (χ3n) is 8.31. The highest BCUT2D eigenvalue weighted by Gasteiger charge is 2.17. The van der Waals surface area contributed by atoms with Crippen LogP contribution in [0.2, 0.25) is 0 Å². The number of nitrogens with zero attached hydrogens (tertiary/aromatic N) is 3. The fourth-order valence-corrected chi connectivity index (χ4v) is 6.26. The first-order valence-corrected chi connectivity index (χ1v) is 14.4. The standard InChI is InChI=1S/C39H23N3O/c1-2-11-25(12-3-1)37-40-38(31-17-8-13-24-10-4-5-14-27(24)31)42-39(41-37)32-18-9-16-28-29(32)21-20-26-22-36-34(23-33(26)28)30-15-6-7-19-35(30)43-36/h1-23H. The van der Waals surface area contributed by atoms with E-state index in [9.17, 15) is 0 Å². The summed E-state index contributed by atoms with van der Waals surface area (Å²) < 4.78 is 6.18. The molecule has 0 bridgehead atoms. The molecule has 0 amide bonds. The Kier molecular flexibility index (Phi) is 5.16. The van der Waals surface area contributed by atoms with Gasteiger partial charge < -0.3 is 4.42 Å². The van der Waals surface area contributed by atoms with E-state index in [2.05, 4.69) is 97.1 Å². The lowest BCUT2D eigenvalue weighted by atomic mass is 9.96. The Bertz CT molecular complexity index is 2510. The van der Waals surface area contributed by atoms with Crippen molar-refractivity contribution in [2.75, 3.05) is 0 Å². The molecule has 0 saturated heterocycles. The van der Waals surface area contributed by atoms with Gasteiger partial charge in [0.1, 0.15) is 11.2 Å². The summed E-state index contributed by atoms with van der Waals surface area (Å²) >= 11 is 0. The van der Waals surface area contributed by atoms with Gasteiger partial charge in [0.05, 0.1) is 0 Å². The minimum absolute atomic E-state index is 0.650. The van der Waals surface area contributed by atoms with E-state index >= 15 is 0 Å². The van der Waals surface area contributed by atoms with Crippen molar-refractivity contribution in [3.63, 3.8) is 0 Å². The Morgan fingerprint density at radius 1 is 0.349 bits per heavy atom. The van der Waals surface area contributed by atoms with Gasteiger partial charge in [-0.15, -0.1) is 0 Å². The molecule has 0 N–H and O–H groups in total. The Labute approximate surface area is 246 Å². The van der Waals surface area contributed by atoms with Gasteiger partial charge in [0, 0.05) is 27.5 Å². The molecule has 2 heterocycles. The minimum Gasteiger partial charge on any atom is -0.456 e. The molecule has 0 radical (unpaired) electrons. The largest absolute Gasteiger partial charge is 0.456 e. The maximum atomic E-state index is 6.18. The SMILES string of the molecule is c1ccc(-c2nc(-c3cccc4ccccc34)nc(-c3cccc4c3ccc3cc5oc6ccccc6c5cc34)n2)cc1. The molecule has 43 heavy (non-hydrogen) atoms. The molecule has 0 aliphatic heterocycles. The third kappa shape index (κ3) is 3.81. The predicted octanol–water partition coefficient (Wildman–Crippen LogP) is 10.2. The van der Waals surface area contributed by atoms with Gasteiger partial charge >= 0.3 is 0 Å². The molecule has 2 aromatic heterocycles. The second kappa shape index (κ2) is 9.33. The summed E-state index contributed by atoms with van der Waals surface area (Å²) in [5, 5.41) is 9.05. The van der Waals surface area contributed by atoms with Crippen molar-refractivity contribution in [2.24, 2.45) is 0 Å². The zero-order chi connectivity index (χ0) is 28.3. The summed E-state index contributed by atoms with van der Waals surface area (Å²) in [6.07, 6.45) is 0. The molecule has 0 unspecified atom stereocenters. The normalized spacial score (nSPS) is 11.7. The molecule has 200 valence electrons.